The molecule has 2 aromatic heterocycles. The summed E-state index contributed by atoms with van der Waals surface area (Å²) in [5, 5.41) is 7.17. The molecule has 2 heterocycles. The van der Waals surface area contributed by atoms with E-state index in [1.54, 1.807) is 0 Å². The van der Waals surface area contributed by atoms with Crippen LogP contribution < -0.4 is 4.90 Å². The van der Waals surface area contributed by atoms with Gasteiger partial charge in [-0.1, -0.05) is 103 Å². The first-order valence-corrected chi connectivity index (χ1v) is 17.3. The van der Waals surface area contributed by atoms with Gasteiger partial charge in [0, 0.05) is 48.2 Å². The molecule has 0 amide bonds. The second-order valence-electron chi connectivity index (χ2n) is 12.4. The van der Waals surface area contributed by atoms with E-state index in [1.165, 1.54) is 31.3 Å². The molecule has 10 rings (SSSR count). The summed E-state index contributed by atoms with van der Waals surface area (Å²) in [6.07, 6.45) is 0. The van der Waals surface area contributed by atoms with Gasteiger partial charge in [-0.2, -0.15) is 0 Å². The number of para-hydroxylation sites is 1. The lowest BCUT2D eigenvalue weighted by atomic mass is 9.98. The first kappa shape index (κ1) is 27.8. The Morgan fingerprint density at radius 3 is 2.06 bits per heavy atom. The molecular weight excluding hydrogens is 617 g/mol. The monoisotopic (exact) mass is 644 g/mol. The molecule has 8 aromatic carbocycles. The van der Waals surface area contributed by atoms with Crippen molar-refractivity contribution >= 4 is 81.2 Å². The third kappa shape index (κ3) is 4.61. The van der Waals surface area contributed by atoms with Crippen molar-refractivity contribution in [2.75, 3.05) is 4.90 Å². The third-order valence-electron chi connectivity index (χ3n) is 9.45. The van der Waals surface area contributed by atoms with Crippen LogP contribution in [0.2, 0.25) is 0 Å². The molecule has 0 aliphatic heterocycles. The summed E-state index contributed by atoms with van der Waals surface area (Å²) in [6, 6.07) is 60.4. The van der Waals surface area contributed by atoms with E-state index in [2.05, 4.69) is 138 Å². The lowest BCUT2D eigenvalue weighted by Crippen LogP contribution is -2.09. The Kier molecular flexibility index (Phi) is 6.36. The highest BCUT2D eigenvalue weighted by Gasteiger charge is 2.18. The maximum absolute atomic E-state index is 6.26. The molecule has 230 valence electrons. The zero-order chi connectivity index (χ0) is 32.3. The highest BCUT2D eigenvalue weighted by atomic mass is 32.1. The van der Waals surface area contributed by atoms with Gasteiger partial charge >= 0.3 is 0 Å². The predicted molar refractivity (Wildman–Crippen MR) is 207 cm³/mol. The van der Waals surface area contributed by atoms with Gasteiger partial charge in [-0.3, -0.25) is 0 Å². The molecule has 0 bridgehead atoms. The number of hydrogen-bond donors (Lipinski definition) is 0. The molecule has 4 heteroatoms. The van der Waals surface area contributed by atoms with E-state index in [0.29, 0.717) is 5.89 Å². The van der Waals surface area contributed by atoms with E-state index in [1.807, 2.05) is 47.7 Å². The number of rotatable bonds is 5. The van der Waals surface area contributed by atoms with Crippen LogP contribution in [0.5, 0.6) is 0 Å². The van der Waals surface area contributed by atoms with Crippen molar-refractivity contribution in [3.05, 3.63) is 170 Å². The second kappa shape index (κ2) is 11.2. The van der Waals surface area contributed by atoms with Crippen LogP contribution in [0.15, 0.2) is 174 Å². The van der Waals surface area contributed by atoms with E-state index in [-0.39, 0.29) is 0 Å². The van der Waals surface area contributed by atoms with E-state index >= 15 is 0 Å². The largest absolute Gasteiger partial charge is 0.436 e. The highest BCUT2D eigenvalue weighted by molar-refractivity contribution is 7.25. The minimum Gasteiger partial charge on any atom is -0.436 e. The lowest BCUT2D eigenvalue weighted by Gasteiger charge is -2.26. The number of thiophene rings is 1. The predicted octanol–water partition coefficient (Wildman–Crippen LogP) is 13.3. The smallest absolute Gasteiger partial charge is 0.227 e. The molecular formula is C45H28N2OS. The van der Waals surface area contributed by atoms with Crippen LogP contribution in [0.4, 0.5) is 17.1 Å². The van der Waals surface area contributed by atoms with Gasteiger partial charge < -0.3 is 9.32 Å². The lowest BCUT2D eigenvalue weighted by molar-refractivity contribution is 0.620. The molecule has 0 unspecified atom stereocenters. The van der Waals surface area contributed by atoms with Gasteiger partial charge in [0.2, 0.25) is 5.89 Å². The van der Waals surface area contributed by atoms with Crippen molar-refractivity contribution in [2.45, 2.75) is 0 Å². The number of aromatic nitrogens is 1. The Bertz CT molecular complexity index is 2840. The van der Waals surface area contributed by atoms with Crippen LogP contribution in [0, 0.1) is 0 Å². The van der Waals surface area contributed by atoms with Gasteiger partial charge in [0.25, 0.3) is 0 Å². The minimum atomic E-state index is 0.637. The van der Waals surface area contributed by atoms with Gasteiger partial charge in [0.1, 0.15) is 5.52 Å². The Labute approximate surface area is 286 Å². The number of nitrogens with zero attached hydrogens (tertiary/aromatic N) is 2. The Morgan fingerprint density at radius 1 is 0.469 bits per heavy atom. The quantitative estimate of drug-likeness (QED) is 0.175. The number of benzene rings is 8. The molecule has 49 heavy (non-hydrogen) atoms. The summed E-state index contributed by atoms with van der Waals surface area (Å²) < 4.78 is 8.89. The minimum absolute atomic E-state index is 0.637. The summed E-state index contributed by atoms with van der Waals surface area (Å²) >= 11 is 1.86. The van der Waals surface area contributed by atoms with E-state index in [0.717, 1.165) is 55.3 Å². The molecule has 3 nitrogen and oxygen atoms in total. The fourth-order valence-corrected chi connectivity index (χ4v) is 8.35. The van der Waals surface area contributed by atoms with Crippen LogP contribution in [0.1, 0.15) is 0 Å². The number of anilines is 3. The molecule has 0 saturated carbocycles. The van der Waals surface area contributed by atoms with Crippen molar-refractivity contribution in [3.63, 3.8) is 0 Å². The van der Waals surface area contributed by atoms with Gasteiger partial charge in [0.05, 0.1) is 0 Å². The van der Waals surface area contributed by atoms with Crippen molar-refractivity contribution in [3.8, 4) is 22.6 Å². The fourth-order valence-electron chi connectivity index (χ4n) is 7.22. The van der Waals surface area contributed by atoms with Crippen molar-refractivity contribution in [1.29, 1.82) is 0 Å². The van der Waals surface area contributed by atoms with Crippen LogP contribution in [0.3, 0.4) is 0 Å². The summed E-state index contributed by atoms with van der Waals surface area (Å²) in [5.74, 6) is 0.637. The molecule has 0 atom stereocenters. The Hall–Kier alpha value is -6.23. The maximum Gasteiger partial charge on any atom is 0.227 e. The Morgan fingerprint density at radius 2 is 1.16 bits per heavy atom. The van der Waals surface area contributed by atoms with Gasteiger partial charge in [0.15, 0.2) is 5.58 Å². The molecule has 0 aliphatic rings. The van der Waals surface area contributed by atoms with Gasteiger partial charge in [-0.15, -0.1) is 11.3 Å². The van der Waals surface area contributed by atoms with Crippen LogP contribution in [-0.2, 0) is 0 Å². The van der Waals surface area contributed by atoms with Gasteiger partial charge in [-0.25, -0.2) is 4.98 Å². The summed E-state index contributed by atoms with van der Waals surface area (Å²) in [4.78, 5) is 7.36. The fraction of sp³-hybridized carbons (Fsp3) is 0. The van der Waals surface area contributed by atoms with E-state index in [4.69, 9.17) is 9.40 Å². The standard InChI is InChI=1S/C45H28N2OS/c1-3-11-30(12-4-1)45-46-44-39(48-45)26-23-29-21-22-32-28-35(24-25-37(32)42(29)44)47(33-14-5-2-6-15-33)34-16-9-13-31(27-34)36-18-10-20-41-43(36)38-17-7-8-19-40(38)49-41/h1-28H. The SMILES string of the molecule is c1ccc(-c2nc3c(ccc4ccc5cc(N(c6ccccc6)c6cccc(-c7cccc8sc9ccccc9c78)c6)ccc5c43)o2)cc1. The topological polar surface area (TPSA) is 29.3 Å². The molecule has 0 spiro atoms. The zero-order valence-corrected chi connectivity index (χ0v) is 27.2. The number of oxazole rings is 1. The molecule has 10 aromatic rings. The first-order chi connectivity index (χ1) is 24.3. The summed E-state index contributed by atoms with van der Waals surface area (Å²) in [5.41, 5.74) is 8.39. The normalized spacial score (nSPS) is 11.7. The first-order valence-electron chi connectivity index (χ1n) is 16.5. The van der Waals surface area contributed by atoms with Crippen molar-refractivity contribution in [1.82, 2.24) is 4.98 Å². The molecule has 0 aliphatic carbocycles. The van der Waals surface area contributed by atoms with Crippen LogP contribution in [0.25, 0.3) is 75.4 Å². The second-order valence-corrected chi connectivity index (χ2v) is 13.4. The van der Waals surface area contributed by atoms with Crippen molar-refractivity contribution in [2.24, 2.45) is 0 Å². The zero-order valence-electron chi connectivity index (χ0n) is 26.4. The van der Waals surface area contributed by atoms with E-state index < -0.39 is 0 Å². The average Bonchev–Trinajstić information content (AvgIpc) is 3.78. The van der Waals surface area contributed by atoms with E-state index in [9.17, 15) is 0 Å². The van der Waals surface area contributed by atoms with Gasteiger partial charge in [-0.05, 0) is 94.0 Å². The number of hydrogen-bond acceptors (Lipinski definition) is 4. The summed E-state index contributed by atoms with van der Waals surface area (Å²) in [6.45, 7) is 0. The molecule has 0 saturated heterocycles. The van der Waals surface area contributed by atoms with Crippen LogP contribution in [-0.4, -0.2) is 4.98 Å². The Balaban J connectivity index is 1.14. The molecule has 0 radical (unpaired) electrons. The summed E-state index contributed by atoms with van der Waals surface area (Å²) in [7, 11) is 0. The maximum atomic E-state index is 6.26. The molecule has 0 fully saturated rings. The van der Waals surface area contributed by atoms with Crippen LogP contribution >= 0.6 is 11.3 Å². The third-order valence-corrected chi connectivity index (χ3v) is 10.6. The molecule has 0 N–H and O–H groups in total. The average molecular weight is 645 g/mol. The number of fused-ring (bicyclic) bond motifs is 8. The highest BCUT2D eigenvalue weighted by Crippen LogP contribution is 2.43. The van der Waals surface area contributed by atoms with Crippen molar-refractivity contribution < 1.29 is 4.42 Å².